The number of nitrogens with zero attached hydrogens (tertiary/aromatic N) is 2. The molecular formula is C12H23N3O2. The van der Waals surface area contributed by atoms with Crippen LogP contribution < -0.4 is 5.32 Å². The Kier molecular flexibility index (Phi) is 7.62. The second-order valence-electron chi connectivity index (χ2n) is 3.98. The highest BCUT2D eigenvalue weighted by Gasteiger charge is 1.95. The van der Waals surface area contributed by atoms with E-state index >= 15 is 0 Å². The minimum atomic E-state index is 0.761. The minimum Gasteiger partial charge on any atom is -0.385 e. The fraction of sp³-hybridized carbons (Fsp3) is 0.750. The van der Waals surface area contributed by atoms with Gasteiger partial charge in [-0.1, -0.05) is 0 Å². The highest BCUT2D eigenvalue weighted by atomic mass is 16.5. The predicted molar refractivity (Wildman–Crippen MR) is 67.1 cm³/mol. The van der Waals surface area contributed by atoms with Gasteiger partial charge in [0.2, 0.25) is 0 Å². The van der Waals surface area contributed by atoms with Crippen molar-refractivity contribution in [3.05, 3.63) is 18.0 Å². The number of ether oxygens (including phenoxy) is 2. The Bertz CT molecular complexity index is 289. The summed E-state index contributed by atoms with van der Waals surface area (Å²) >= 11 is 0. The van der Waals surface area contributed by atoms with E-state index in [4.69, 9.17) is 9.47 Å². The summed E-state index contributed by atoms with van der Waals surface area (Å²) in [6, 6.07) is 0. The van der Waals surface area contributed by atoms with Crippen molar-refractivity contribution >= 4 is 0 Å². The van der Waals surface area contributed by atoms with E-state index in [2.05, 4.69) is 10.4 Å². The molecule has 0 fully saturated rings. The van der Waals surface area contributed by atoms with Crippen molar-refractivity contribution in [3.63, 3.8) is 0 Å². The quantitative estimate of drug-likeness (QED) is 0.610. The van der Waals surface area contributed by atoms with Crippen LogP contribution in [0, 0.1) is 0 Å². The number of rotatable bonds is 10. The van der Waals surface area contributed by atoms with Crippen LogP contribution in [0.2, 0.25) is 0 Å². The second-order valence-corrected chi connectivity index (χ2v) is 3.98. The van der Waals surface area contributed by atoms with Crippen LogP contribution in [0.5, 0.6) is 0 Å². The molecule has 0 aliphatic heterocycles. The predicted octanol–water partition coefficient (Wildman–Crippen LogP) is 0.605. The van der Waals surface area contributed by atoms with Crippen LogP contribution in [0.25, 0.3) is 0 Å². The first kappa shape index (κ1) is 14.2. The van der Waals surface area contributed by atoms with Gasteiger partial charge < -0.3 is 14.8 Å². The maximum Gasteiger partial charge on any atom is 0.0590 e. The molecule has 0 amide bonds. The van der Waals surface area contributed by atoms with Crippen molar-refractivity contribution in [2.45, 2.75) is 12.8 Å². The van der Waals surface area contributed by atoms with Crippen molar-refractivity contribution in [2.75, 3.05) is 40.0 Å². The molecule has 5 nitrogen and oxygen atoms in total. The lowest BCUT2D eigenvalue weighted by Crippen LogP contribution is -2.22. The summed E-state index contributed by atoms with van der Waals surface area (Å²) in [7, 11) is 3.64. The Morgan fingerprint density at radius 2 is 2.18 bits per heavy atom. The number of hydrogen-bond acceptors (Lipinski definition) is 4. The third kappa shape index (κ3) is 7.10. The van der Waals surface area contributed by atoms with Gasteiger partial charge in [-0.15, -0.1) is 0 Å². The monoisotopic (exact) mass is 241 g/mol. The molecule has 0 bridgehead atoms. The van der Waals surface area contributed by atoms with E-state index in [9.17, 15) is 0 Å². The van der Waals surface area contributed by atoms with Gasteiger partial charge in [0.15, 0.2) is 0 Å². The maximum atomic E-state index is 5.43. The molecule has 0 aliphatic carbocycles. The van der Waals surface area contributed by atoms with E-state index in [1.807, 2.05) is 24.1 Å². The summed E-state index contributed by atoms with van der Waals surface area (Å²) in [5.74, 6) is 0. The van der Waals surface area contributed by atoms with Crippen LogP contribution in [-0.2, 0) is 22.9 Å². The van der Waals surface area contributed by atoms with Gasteiger partial charge in [-0.3, -0.25) is 4.68 Å². The van der Waals surface area contributed by atoms with Crippen LogP contribution in [-0.4, -0.2) is 49.8 Å². The molecule has 17 heavy (non-hydrogen) atoms. The molecule has 5 heteroatoms. The highest BCUT2D eigenvalue weighted by molar-refractivity contribution is 5.03. The average Bonchev–Trinajstić information content (AvgIpc) is 2.73. The summed E-state index contributed by atoms with van der Waals surface area (Å²) in [5, 5.41) is 7.47. The van der Waals surface area contributed by atoms with Gasteiger partial charge in [-0.05, 0) is 24.9 Å². The molecule has 0 aliphatic rings. The van der Waals surface area contributed by atoms with Gasteiger partial charge in [-0.25, -0.2) is 0 Å². The summed E-state index contributed by atoms with van der Waals surface area (Å²) < 4.78 is 12.2. The second kappa shape index (κ2) is 9.15. The van der Waals surface area contributed by atoms with E-state index in [0.717, 1.165) is 45.8 Å². The van der Waals surface area contributed by atoms with Gasteiger partial charge in [-0.2, -0.15) is 5.10 Å². The van der Waals surface area contributed by atoms with E-state index in [-0.39, 0.29) is 0 Å². The fourth-order valence-electron chi connectivity index (χ4n) is 1.51. The largest absolute Gasteiger partial charge is 0.385 e. The lowest BCUT2D eigenvalue weighted by atomic mass is 10.2. The van der Waals surface area contributed by atoms with Gasteiger partial charge in [0.05, 0.1) is 12.8 Å². The van der Waals surface area contributed by atoms with Crippen molar-refractivity contribution in [3.8, 4) is 0 Å². The Labute approximate surface area is 103 Å². The molecule has 0 saturated heterocycles. The molecule has 1 N–H and O–H groups in total. The Hall–Kier alpha value is -0.910. The highest BCUT2D eigenvalue weighted by Crippen LogP contribution is 1.95. The Morgan fingerprint density at radius 3 is 2.88 bits per heavy atom. The zero-order valence-electron chi connectivity index (χ0n) is 10.8. The van der Waals surface area contributed by atoms with Crippen molar-refractivity contribution in [1.29, 1.82) is 0 Å². The molecule has 1 heterocycles. The lowest BCUT2D eigenvalue weighted by Gasteiger charge is -2.05. The zero-order valence-corrected chi connectivity index (χ0v) is 10.8. The number of methoxy groups -OCH3 is 1. The van der Waals surface area contributed by atoms with Crippen molar-refractivity contribution in [2.24, 2.45) is 7.05 Å². The smallest absolute Gasteiger partial charge is 0.0590 e. The van der Waals surface area contributed by atoms with Gasteiger partial charge in [0.25, 0.3) is 0 Å². The summed E-state index contributed by atoms with van der Waals surface area (Å²) in [4.78, 5) is 0. The SMILES string of the molecule is COCCCOCCNCCc1cnn(C)c1. The molecule has 0 atom stereocenters. The molecule has 1 rings (SSSR count). The van der Waals surface area contributed by atoms with Gasteiger partial charge in [0, 0.05) is 40.1 Å². The van der Waals surface area contributed by atoms with Crippen molar-refractivity contribution < 1.29 is 9.47 Å². The maximum absolute atomic E-state index is 5.43. The van der Waals surface area contributed by atoms with Crippen LogP contribution >= 0.6 is 0 Å². The minimum absolute atomic E-state index is 0.761. The number of aromatic nitrogens is 2. The average molecular weight is 241 g/mol. The zero-order chi connectivity index (χ0) is 12.3. The third-order valence-corrected chi connectivity index (χ3v) is 2.41. The first-order valence-electron chi connectivity index (χ1n) is 6.08. The van der Waals surface area contributed by atoms with Gasteiger partial charge >= 0.3 is 0 Å². The lowest BCUT2D eigenvalue weighted by molar-refractivity contribution is 0.104. The van der Waals surface area contributed by atoms with E-state index in [1.54, 1.807) is 7.11 Å². The van der Waals surface area contributed by atoms with Crippen LogP contribution in [0.1, 0.15) is 12.0 Å². The summed E-state index contributed by atoms with van der Waals surface area (Å²) in [6.07, 6.45) is 5.93. The number of aryl methyl sites for hydroxylation is 1. The standard InChI is InChI=1S/C12H23N3O2/c1-15-11-12(10-14-15)4-5-13-6-9-17-8-3-7-16-2/h10-11,13H,3-9H2,1-2H3. The molecule has 98 valence electrons. The molecule has 1 aromatic rings. The van der Waals surface area contributed by atoms with Crippen LogP contribution in [0.4, 0.5) is 0 Å². The summed E-state index contributed by atoms with van der Waals surface area (Å²) in [5.41, 5.74) is 1.26. The number of nitrogens with one attached hydrogen (secondary N) is 1. The molecule has 0 spiro atoms. The van der Waals surface area contributed by atoms with Crippen LogP contribution in [0.3, 0.4) is 0 Å². The van der Waals surface area contributed by atoms with Crippen molar-refractivity contribution in [1.82, 2.24) is 15.1 Å². The third-order valence-electron chi connectivity index (χ3n) is 2.41. The molecule has 0 aromatic carbocycles. The Balaban J connectivity index is 1.84. The topological polar surface area (TPSA) is 48.3 Å². The first-order valence-corrected chi connectivity index (χ1v) is 6.08. The molecular weight excluding hydrogens is 218 g/mol. The molecule has 0 radical (unpaired) electrons. The van der Waals surface area contributed by atoms with E-state index < -0.39 is 0 Å². The van der Waals surface area contributed by atoms with Gasteiger partial charge in [0.1, 0.15) is 0 Å². The fourth-order valence-corrected chi connectivity index (χ4v) is 1.51. The summed E-state index contributed by atoms with van der Waals surface area (Å²) in [6.45, 7) is 4.17. The normalized spacial score (nSPS) is 10.9. The molecule has 0 unspecified atom stereocenters. The first-order chi connectivity index (χ1) is 8.33. The Morgan fingerprint density at radius 1 is 1.29 bits per heavy atom. The van der Waals surface area contributed by atoms with Crippen LogP contribution in [0.15, 0.2) is 12.4 Å². The van der Waals surface area contributed by atoms with E-state index in [0.29, 0.717) is 0 Å². The van der Waals surface area contributed by atoms with E-state index in [1.165, 1.54) is 5.56 Å². The molecule has 1 aromatic heterocycles. The molecule has 0 saturated carbocycles. The number of hydrogen-bond donors (Lipinski definition) is 1.